The van der Waals surface area contributed by atoms with Gasteiger partial charge in [0.25, 0.3) is 0 Å². The molecule has 1 amide bonds. The Hall–Kier alpha value is -2.38. The molecule has 2 aromatic rings. The summed E-state index contributed by atoms with van der Waals surface area (Å²) in [5.41, 5.74) is 0.734. The number of nitrogens with zero attached hydrogens (tertiary/aromatic N) is 4. The Balaban J connectivity index is 1.54. The molecule has 0 saturated carbocycles. The summed E-state index contributed by atoms with van der Waals surface area (Å²) >= 11 is 0. The van der Waals surface area contributed by atoms with Gasteiger partial charge in [0.2, 0.25) is 5.91 Å². The number of imidazole rings is 1. The van der Waals surface area contributed by atoms with E-state index in [1.165, 1.54) is 0 Å². The number of likely N-dealkylation sites (tertiary alicyclic amines) is 1. The summed E-state index contributed by atoms with van der Waals surface area (Å²) in [5, 5.41) is 0. The van der Waals surface area contributed by atoms with Crippen molar-refractivity contribution in [3.63, 3.8) is 0 Å². The average molecular weight is 399 g/mol. The van der Waals surface area contributed by atoms with Crippen molar-refractivity contribution in [1.82, 2.24) is 19.4 Å². The van der Waals surface area contributed by atoms with Crippen molar-refractivity contribution in [1.29, 1.82) is 0 Å². The molecule has 4 rings (SSSR count). The van der Waals surface area contributed by atoms with Crippen molar-refractivity contribution in [3.8, 4) is 5.75 Å². The summed E-state index contributed by atoms with van der Waals surface area (Å²) in [6, 6.07) is 8.11. The van der Waals surface area contributed by atoms with E-state index in [9.17, 15) is 4.79 Å². The molecule has 1 aromatic carbocycles. The molecule has 1 aromatic heterocycles. The molecule has 0 radical (unpaired) electrons. The summed E-state index contributed by atoms with van der Waals surface area (Å²) in [6.07, 6.45) is 5.40. The van der Waals surface area contributed by atoms with Gasteiger partial charge in [0.05, 0.1) is 13.2 Å². The molecular formula is C22H30N4O3. The Morgan fingerprint density at radius 3 is 2.79 bits per heavy atom. The van der Waals surface area contributed by atoms with E-state index in [0.29, 0.717) is 19.6 Å². The van der Waals surface area contributed by atoms with E-state index in [1.54, 1.807) is 13.3 Å². The predicted molar refractivity (Wildman–Crippen MR) is 110 cm³/mol. The zero-order valence-electron chi connectivity index (χ0n) is 17.3. The lowest BCUT2D eigenvalue weighted by atomic mass is 9.90. The first-order chi connectivity index (χ1) is 14.1. The van der Waals surface area contributed by atoms with Gasteiger partial charge in [0.1, 0.15) is 23.7 Å². The molecular weight excluding hydrogens is 368 g/mol. The summed E-state index contributed by atoms with van der Waals surface area (Å²) in [6.45, 7) is 7.01. The van der Waals surface area contributed by atoms with Gasteiger partial charge in [0, 0.05) is 64.1 Å². The monoisotopic (exact) mass is 398 g/mol. The number of hydrogen-bond acceptors (Lipinski definition) is 5. The van der Waals surface area contributed by atoms with E-state index < -0.39 is 0 Å². The Morgan fingerprint density at radius 2 is 2.07 bits per heavy atom. The summed E-state index contributed by atoms with van der Waals surface area (Å²) < 4.78 is 13.7. The van der Waals surface area contributed by atoms with Gasteiger partial charge in [-0.2, -0.15) is 0 Å². The van der Waals surface area contributed by atoms with Gasteiger partial charge in [0.15, 0.2) is 0 Å². The summed E-state index contributed by atoms with van der Waals surface area (Å²) in [4.78, 5) is 21.8. The van der Waals surface area contributed by atoms with Crippen LogP contribution in [0.4, 0.5) is 0 Å². The van der Waals surface area contributed by atoms with Crippen molar-refractivity contribution in [2.75, 3.05) is 39.9 Å². The summed E-state index contributed by atoms with van der Waals surface area (Å²) in [5.74, 6) is 1.87. The molecule has 0 bridgehead atoms. The number of amides is 1. The van der Waals surface area contributed by atoms with Gasteiger partial charge in [-0.25, -0.2) is 4.98 Å². The van der Waals surface area contributed by atoms with Gasteiger partial charge in [-0.15, -0.1) is 0 Å². The number of fused-ring (bicyclic) bond motifs is 1. The van der Waals surface area contributed by atoms with Crippen LogP contribution < -0.4 is 4.74 Å². The normalized spacial score (nSPS) is 18.9. The van der Waals surface area contributed by atoms with Gasteiger partial charge in [-0.05, 0) is 13.0 Å². The van der Waals surface area contributed by atoms with E-state index in [-0.39, 0.29) is 11.5 Å². The van der Waals surface area contributed by atoms with Crippen LogP contribution in [0, 0.1) is 6.92 Å². The second kappa shape index (κ2) is 8.55. The third-order valence-electron chi connectivity index (χ3n) is 6.10. The van der Waals surface area contributed by atoms with Crippen LogP contribution in [-0.4, -0.2) is 70.8 Å². The van der Waals surface area contributed by atoms with E-state index in [4.69, 9.17) is 9.47 Å². The van der Waals surface area contributed by atoms with Gasteiger partial charge >= 0.3 is 0 Å². The Labute approximate surface area is 172 Å². The highest BCUT2D eigenvalue weighted by Gasteiger charge is 2.41. The lowest BCUT2D eigenvalue weighted by Crippen LogP contribution is -2.54. The molecule has 3 heterocycles. The number of aryl methyl sites for hydroxylation is 1. The fraction of sp³-hybridized carbons (Fsp3) is 0.545. The lowest BCUT2D eigenvalue weighted by Gasteiger charge is -2.42. The molecule has 7 nitrogen and oxygen atoms in total. The first-order valence-electron chi connectivity index (χ1n) is 10.3. The van der Waals surface area contributed by atoms with E-state index in [1.807, 2.05) is 40.8 Å². The van der Waals surface area contributed by atoms with Crippen molar-refractivity contribution in [2.45, 2.75) is 38.5 Å². The third-order valence-corrected chi connectivity index (χ3v) is 6.10. The fourth-order valence-corrected chi connectivity index (χ4v) is 4.27. The number of aromatic nitrogens is 2. The highest BCUT2D eigenvalue weighted by atomic mass is 16.5. The lowest BCUT2D eigenvalue weighted by molar-refractivity contribution is -0.136. The number of carbonyl (C=O) groups excluding carboxylic acids is 1. The first-order valence-corrected chi connectivity index (χ1v) is 10.3. The number of benzene rings is 1. The van der Waals surface area contributed by atoms with Crippen molar-refractivity contribution in [3.05, 3.63) is 48.0 Å². The maximum absolute atomic E-state index is 13.2. The SMILES string of the molecule is COCCN1CCC2(CC1)CN(C(=O)Cn1ccnc1C)Cc1ccccc1O2. The molecule has 2 aliphatic rings. The maximum Gasteiger partial charge on any atom is 0.242 e. The molecule has 7 heteroatoms. The topological polar surface area (TPSA) is 59.8 Å². The van der Waals surface area contributed by atoms with E-state index >= 15 is 0 Å². The minimum absolute atomic E-state index is 0.104. The number of ether oxygens (including phenoxy) is 2. The molecule has 0 N–H and O–H groups in total. The van der Waals surface area contributed by atoms with Crippen LogP contribution in [-0.2, 0) is 22.6 Å². The van der Waals surface area contributed by atoms with Gasteiger partial charge in [-0.3, -0.25) is 4.79 Å². The highest BCUT2D eigenvalue weighted by molar-refractivity contribution is 5.76. The number of carbonyl (C=O) groups is 1. The smallest absolute Gasteiger partial charge is 0.242 e. The van der Waals surface area contributed by atoms with Crippen LogP contribution in [0.25, 0.3) is 0 Å². The molecule has 2 aliphatic heterocycles. The molecule has 1 saturated heterocycles. The van der Waals surface area contributed by atoms with E-state index in [2.05, 4.69) is 16.0 Å². The first kappa shape index (κ1) is 19.9. The molecule has 29 heavy (non-hydrogen) atoms. The van der Waals surface area contributed by atoms with E-state index in [0.717, 1.165) is 56.2 Å². The minimum atomic E-state index is -0.337. The zero-order valence-corrected chi connectivity index (χ0v) is 17.3. The number of hydrogen-bond donors (Lipinski definition) is 0. The second-order valence-electron chi connectivity index (χ2n) is 8.08. The van der Waals surface area contributed by atoms with Crippen LogP contribution >= 0.6 is 0 Å². The van der Waals surface area contributed by atoms with Crippen molar-refractivity contribution >= 4 is 5.91 Å². The number of para-hydroxylation sites is 1. The van der Waals surface area contributed by atoms with Crippen molar-refractivity contribution in [2.24, 2.45) is 0 Å². The molecule has 0 aliphatic carbocycles. The standard InChI is InChI=1S/C22H30N4O3/c1-18-23-9-12-25(18)16-21(27)26-15-19-5-3-4-6-20(19)29-22(17-26)7-10-24(11-8-22)13-14-28-2/h3-6,9,12H,7-8,10-11,13-17H2,1-2H3. The molecule has 1 spiro atoms. The third kappa shape index (κ3) is 4.46. The predicted octanol–water partition coefficient (Wildman–Crippen LogP) is 2.09. The Morgan fingerprint density at radius 1 is 1.28 bits per heavy atom. The number of methoxy groups -OCH3 is 1. The van der Waals surface area contributed by atoms with Gasteiger partial charge < -0.3 is 23.8 Å². The van der Waals surface area contributed by atoms with Crippen LogP contribution in [0.3, 0.4) is 0 Å². The van der Waals surface area contributed by atoms with Crippen LogP contribution in [0.1, 0.15) is 24.2 Å². The average Bonchev–Trinajstić information content (AvgIpc) is 3.04. The molecule has 1 fully saturated rings. The van der Waals surface area contributed by atoms with Gasteiger partial charge in [-0.1, -0.05) is 18.2 Å². The zero-order chi connectivity index (χ0) is 20.3. The fourth-order valence-electron chi connectivity index (χ4n) is 4.27. The largest absolute Gasteiger partial charge is 0.485 e. The van der Waals surface area contributed by atoms with Crippen LogP contribution in [0.15, 0.2) is 36.7 Å². The van der Waals surface area contributed by atoms with Crippen LogP contribution in [0.2, 0.25) is 0 Å². The quantitative estimate of drug-likeness (QED) is 0.772. The molecule has 156 valence electrons. The summed E-state index contributed by atoms with van der Waals surface area (Å²) in [7, 11) is 1.74. The minimum Gasteiger partial charge on any atom is -0.485 e. The second-order valence-corrected chi connectivity index (χ2v) is 8.08. The maximum atomic E-state index is 13.2. The molecule has 0 atom stereocenters. The van der Waals surface area contributed by atoms with Crippen LogP contribution in [0.5, 0.6) is 5.75 Å². The number of piperidine rings is 1. The number of rotatable bonds is 5. The highest BCUT2D eigenvalue weighted by Crippen LogP contribution is 2.35. The molecule has 0 unspecified atom stereocenters. The Kier molecular flexibility index (Phi) is 5.87. The van der Waals surface area contributed by atoms with Crippen molar-refractivity contribution < 1.29 is 14.3 Å². The Bertz CT molecular complexity index is 842.